The van der Waals surface area contributed by atoms with E-state index in [2.05, 4.69) is 15.3 Å². The second-order valence-corrected chi connectivity index (χ2v) is 7.64. The number of carbonyl (C=O) groups is 2. The van der Waals surface area contributed by atoms with E-state index in [1.54, 1.807) is 25.3 Å². The number of anilines is 1. The molecule has 148 valence electrons. The first-order valence-electron chi connectivity index (χ1n) is 8.41. The fraction of sp³-hybridized carbons (Fsp3) is 0.100. The lowest BCUT2D eigenvalue weighted by Crippen LogP contribution is -2.22. The van der Waals surface area contributed by atoms with Crippen LogP contribution >= 0.6 is 35.0 Å². The number of hydrogen-bond acceptors (Lipinski definition) is 6. The minimum atomic E-state index is -0.655. The highest BCUT2D eigenvalue weighted by Crippen LogP contribution is 2.29. The molecule has 0 aliphatic rings. The predicted octanol–water partition coefficient (Wildman–Crippen LogP) is 5.04. The van der Waals surface area contributed by atoms with Crippen LogP contribution in [0.2, 0.25) is 10.0 Å². The molecule has 1 N–H and O–H groups in total. The summed E-state index contributed by atoms with van der Waals surface area (Å²) in [7, 11) is 0. The lowest BCUT2D eigenvalue weighted by atomic mass is 10.3. The highest BCUT2D eigenvalue weighted by Gasteiger charge is 2.17. The Kier molecular flexibility index (Phi) is 7.09. The molecule has 0 spiro atoms. The Hall–Kier alpha value is -2.61. The van der Waals surface area contributed by atoms with Crippen LogP contribution in [-0.2, 0) is 9.53 Å². The average molecular weight is 448 g/mol. The quantitative estimate of drug-likeness (QED) is 0.533. The van der Waals surface area contributed by atoms with Crippen molar-refractivity contribution in [3.63, 3.8) is 0 Å². The van der Waals surface area contributed by atoms with Crippen LogP contribution in [0.1, 0.15) is 15.9 Å². The summed E-state index contributed by atoms with van der Waals surface area (Å²) in [5.41, 5.74) is 0.862. The molecule has 0 fully saturated rings. The Labute approximate surface area is 181 Å². The van der Waals surface area contributed by atoms with Gasteiger partial charge in [0.25, 0.3) is 5.91 Å². The third-order valence-corrected chi connectivity index (χ3v) is 5.61. The van der Waals surface area contributed by atoms with Crippen LogP contribution in [0.3, 0.4) is 0 Å². The molecule has 0 atom stereocenters. The Morgan fingerprint density at radius 3 is 2.62 bits per heavy atom. The highest BCUT2D eigenvalue weighted by molar-refractivity contribution is 7.99. The fourth-order valence-corrected chi connectivity index (χ4v) is 3.53. The van der Waals surface area contributed by atoms with Crippen LogP contribution in [0.15, 0.2) is 64.8 Å². The number of pyridine rings is 2. The highest BCUT2D eigenvalue weighted by atomic mass is 35.5. The number of benzene rings is 1. The number of hydrogen-bond donors (Lipinski definition) is 1. The number of halogens is 2. The fourth-order valence-electron chi connectivity index (χ4n) is 2.25. The molecule has 0 saturated heterocycles. The minimum absolute atomic E-state index is 0.149. The van der Waals surface area contributed by atoms with Crippen molar-refractivity contribution in [2.24, 2.45) is 0 Å². The Morgan fingerprint density at radius 1 is 1.10 bits per heavy atom. The number of carbonyl (C=O) groups excluding carboxylic acids is 2. The molecule has 6 nitrogen and oxygen atoms in total. The molecule has 2 aromatic heterocycles. The van der Waals surface area contributed by atoms with Crippen LogP contribution < -0.4 is 5.32 Å². The first-order chi connectivity index (χ1) is 14.0. The molecule has 0 unspecified atom stereocenters. The standard InChI is InChI=1S/C20H15Cl2N3O3S/c1-12-15(21)10-24-18(17(12)22)25-16(26)11-28-20(27)14-8-5-9-23-19(14)29-13-6-3-2-4-7-13/h2-10H,11H2,1H3,(H,24,25,26). The Morgan fingerprint density at radius 2 is 1.86 bits per heavy atom. The van der Waals surface area contributed by atoms with E-state index in [4.69, 9.17) is 27.9 Å². The maximum absolute atomic E-state index is 12.5. The number of rotatable bonds is 6. The molecule has 0 bridgehead atoms. The lowest BCUT2D eigenvalue weighted by molar-refractivity contribution is -0.119. The largest absolute Gasteiger partial charge is 0.452 e. The first-order valence-corrected chi connectivity index (χ1v) is 9.98. The summed E-state index contributed by atoms with van der Waals surface area (Å²) in [6.45, 7) is 1.21. The Balaban J connectivity index is 1.64. The molecule has 0 aliphatic heterocycles. The van der Waals surface area contributed by atoms with E-state index in [0.29, 0.717) is 15.6 Å². The number of nitrogens with zero attached hydrogens (tertiary/aromatic N) is 2. The summed E-state index contributed by atoms with van der Waals surface area (Å²) < 4.78 is 5.13. The monoisotopic (exact) mass is 447 g/mol. The van der Waals surface area contributed by atoms with Crippen molar-refractivity contribution in [3.8, 4) is 0 Å². The van der Waals surface area contributed by atoms with Gasteiger partial charge in [-0.05, 0) is 36.8 Å². The van der Waals surface area contributed by atoms with Gasteiger partial charge in [-0.15, -0.1) is 0 Å². The summed E-state index contributed by atoms with van der Waals surface area (Å²) >= 11 is 13.4. The zero-order valence-electron chi connectivity index (χ0n) is 15.2. The molecule has 1 aromatic carbocycles. The molecular weight excluding hydrogens is 433 g/mol. The van der Waals surface area contributed by atoms with Gasteiger partial charge in [-0.1, -0.05) is 53.2 Å². The van der Waals surface area contributed by atoms with E-state index in [1.165, 1.54) is 18.0 Å². The van der Waals surface area contributed by atoms with E-state index in [-0.39, 0.29) is 16.4 Å². The van der Waals surface area contributed by atoms with Crippen molar-refractivity contribution in [2.45, 2.75) is 16.8 Å². The molecule has 9 heteroatoms. The van der Waals surface area contributed by atoms with Gasteiger partial charge < -0.3 is 10.1 Å². The summed E-state index contributed by atoms with van der Waals surface area (Å²) in [4.78, 5) is 33.7. The van der Waals surface area contributed by atoms with Gasteiger partial charge in [0.1, 0.15) is 5.03 Å². The van der Waals surface area contributed by atoms with Crippen LogP contribution in [0.5, 0.6) is 0 Å². The summed E-state index contributed by atoms with van der Waals surface area (Å²) in [6.07, 6.45) is 2.97. The van der Waals surface area contributed by atoms with Gasteiger partial charge >= 0.3 is 5.97 Å². The van der Waals surface area contributed by atoms with Crippen molar-refractivity contribution < 1.29 is 14.3 Å². The van der Waals surface area contributed by atoms with Crippen LogP contribution in [-0.4, -0.2) is 28.5 Å². The van der Waals surface area contributed by atoms with E-state index in [9.17, 15) is 9.59 Å². The smallest absolute Gasteiger partial charge is 0.341 e. The summed E-state index contributed by atoms with van der Waals surface area (Å²) in [5.74, 6) is -1.08. The third-order valence-electron chi connectivity index (χ3n) is 3.74. The van der Waals surface area contributed by atoms with Gasteiger partial charge in [-0.2, -0.15) is 0 Å². The van der Waals surface area contributed by atoms with Crippen molar-refractivity contribution in [3.05, 3.63) is 76.0 Å². The number of nitrogens with one attached hydrogen (secondary N) is 1. The maximum Gasteiger partial charge on any atom is 0.341 e. The zero-order chi connectivity index (χ0) is 20.8. The SMILES string of the molecule is Cc1c(Cl)cnc(NC(=O)COC(=O)c2cccnc2Sc2ccccc2)c1Cl. The van der Waals surface area contributed by atoms with Crippen LogP contribution in [0.25, 0.3) is 0 Å². The van der Waals surface area contributed by atoms with Gasteiger partial charge in [0.15, 0.2) is 12.4 Å². The molecule has 0 aliphatic carbocycles. The maximum atomic E-state index is 12.5. The topological polar surface area (TPSA) is 81.2 Å². The molecule has 3 aromatic rings. The van der Waals surface area contributed by atoms with E-state index < -0.39 is 18.5 Å². The lowest BCUT2D eigenvalue weighted by Gasteiger charge is -2.10. The molecule has 3 rings (SSSR count). The van der Waals surface area contributed by atoms with Crippen LogP contribution in [0.4, 0.5) is 5.82 Å². The third kappa shape index (κ3) is 5.47. The van der Waals surface area contributed by atoms with Gasteiger partial charge in [0.2, 0.25) is 0 Å². The van der Waals surface area contributed by atoms with Crippen molar-refractivity contribution in [2.75, 3.05) is 11.9 Å². The molecule has 29 heavy (non-hydrogen) atoms. The van der Waals surface area contributed by atoms with Gasteiger partial charge in [0, 0.05) is 17.3 Å². The molecule has 2 heterocycles. The molecule has 0 radical (unpaired) electrons. The number of ether oxygens (including phenoxy) is 1. The number of aromatic nitrogens is 2. The predicted molar refractivity (Wildman–Crippen MR) is 113 cm³/mol. The zero-order valence-corrected chi connectivity index (χ0v) is 17.5. The van der Waals surface area contributed by atoms with Crippen molar-refractivity contribution in [1.82, 2.24) is 9.97 Å². The van der Waals surface area contributed by atoms with Gasteiger partial charge in [-0.25, -0.2) is 14.8 Å². The van der Waals surface area contributed by atoms with Crippen molar-refractivity contribution in [1.29, 1.82) is 0 Å². The molecule has 1 amide bonds. The van der Waals surface area contributed by atoms with Crippen LogP contribution in [0, 0.1) is 6.92 Å². The van der Waals surface area contributed by atoms with E-state index in [0.717, 1.165) is 4.90 Å². The van der Waals surface area contributed by atoms with E-state index >= 15 is 0 Å². The molecular formula is C20H15Cl2N3O3S. The van der Waals surface area contributed by atoms with E-state index in [1.807, 2.05) is 30.3 Å². The number of esters is 1. The summed E-state index contributed by atoms with van der Waals surface area (Å²) in [6, 6.07) is 12.7. The second-order valence-electron chi connectivity index (χ2n) is 5.79. The summed E-state index contributed by atoms with van der Waals surface area (Å²) in [5, 5.41) is 3.61. The van der Waals surface area contributed by atoms with Gasteiger partial charge in [0.05, 0.1) is 15.6 Å². The normalized spacial score (nSPS) is 10.4. The minimum Gasteiger partial charge on any atom is -0.452 e. The molecule has 0 saturated carbocycles. The first kappa shape index (κ1) is 21.1. The second kappa shape index (κ2) is 9.73. The van der Waals surface area contributed by atoms with Gasteiger partial charge in [-0.3, -0.25) is 4.79 Å². The van der Waals surface area contributed by atoms with Crippen molar-refractivity contribution >= 4 is 52.7 Å². The Bertz CT molecular complexity index is 1050. The number of amides is 1. The average Bonchev–Trinajstić information content (AvgIpc) is 2.73.